The van der Waals surface area contributed by atoms with Crippen LogP contribution in [0.15, 0.2) is 24.3 Å². The van der Waals surface area contributed by atoms with Crippen LogP contribution in [-0.4, -0.2) is 91.7 Å². The average Bonchev–Trinajstić information content (AvgIpc) is 3.28. The van der Waals surface area contributed by atoms with Crippen LogP contribution in [0.2, 0.25) is 0 Å². The van der Waals surface area contributed by atoms with Crippen LogP contribution in [0.4, 0.5) is 0 Å². The van der Waals surface area contributed by atoms with Gasteiger partial charge < -0.3 is 42.3 Å². The van der Waals surface area contributed by atoms with Gasteiger partial charge in [0.15, 0.2) is 0 Å². The van der Waals surface area contributed by atoms with Crippen LogP contribution in [0.3, 0.4) is 0 Å². The lowest BCUT2D eigenvalue weighted by molar-refractivity contribution is -0.120. The fraction of sp³-hybridized carbons (Fsp3) is 0.654. The molecule has 0 aliphatic rings. The van der Waals surface area contributed by atoms with E-state index >= 15 is 0 Å². The molecule has 0 aliphatic heterocycles. The fourth-order valence-corrected chi connectivity index (χ4v) is 3.96. The lowest BCUT2D eigenvalue weighted by Crippen LogP contribution is -2.31. The molecule has 1 aromatic carbocycles. The van der Waals surface area contributed by atoms with Gasteiger partial charge in [0.25, 0.3) is 0 Å². The lowest BCUT2D eigenvalue weighted by Gasteiger charge is -2.15. The van der Waals surface area contributed by atoms with Crippen LogP contribution >= 0.6 is 0 Å². The van der Waals surface area contributed by atoms with E-state index in [9.17, 15) is 15.1 Å². The summed E-state index contributed by atoms with van der Waals surface area (Å²) in [6, 6.07) is 7.06. The molecule has 0 radical (unpaired) electrons. The Balaban J connectivity index is 1.35. The molecule has 1 amide bonds. The highest BCUT2D eigenvalue weighted by Crippen LogP contribution is 2.24. The molecule has 2 rings (SSSR count). The number of phenolic OH excluding ortho intramolecular Hbond substituents is 1. The number of amides is 1. The number of nitrogens with two attached hydrogens (primary N) is 1. The minimum atomic E-state index is -0.0837. The Morgan fingerprint density at radius 3 is 2.14 bits per heavy atom. The normalized spacial score (nSPS) is 11.5. The van der Waals surface area contributed by atoms with E-state index in [2.05, 4.69) is 26.3 Å². The third kappa shape index (κ3) is 13.2. The number of rotatable bonds is 22. The second kappa shape index (κ2) is 19.0. The Kier molecular flexibility index (Phi) is 15.8. The molecule has 2 aromatic rings. The molecule has 9 N–H and O–H groups in total. The van der Waals surface area contributed by atoms with Crippen molar-refractivity contribution in [1.29, 1.82) is 0 Å². The first-order valence-corrected chi connectivity index (χ1v) is 13.4. The maximum absolute atomic E-state index is 12.2. The number of carbonyl (C=O) groups is 1. The first-order valence-electron chi connectivity index (χ1n) is 13.4. The number of phenols is 1. The smallest absolute Gasteiger partial charge is 0.225 e. The van der Waals surface area contributed by atoms with Gasteiger partial charge in [0.05, 0.1) is 6.42 Å². The van der Waals surface area contributed by atoms with Gasteiger partial charge in [-0.1, -0.05) is 6.07 Å². The standard InChI is InChI=1S/C26H47N7O3/c27-10-4-13-28-11-1-2-12-29-14-5-15-30-16-6-18-33(36)19-7-17-31-26(35)21-22-20-23-24(32-22)8-3-9-25(23)34/h3,8-9,20,28-30,32,34,36H,1-2,4-7,10-19,21,27H2,(H,31,35). The molecule has 0 saturated heterocycles. The van der Waals surface area contributed by atoms with Gasteiger partial charge >= 0.3 is 0 Å². The van der Waals surface area contributed by atoms with E-state index in [0.29, 0.717) is 26.1 Å². The number of carbonyl (C=O) groups excluding carboxylic acids is 1. The molecular weight excluding hydrogens is 458 g/mol. The topological polar surface area (TPSA) is 151 Å². The van der Waals surface area contributed by atoms with E-state index in [1.165, 1.54) is 17.9 Å². The molecule has 0 unspecified atom stereocenters. The van der Waals surface area contributed by atoms with Gasteiger partial charge in [-0.2, -0.15) is 5.06 Å². The molecule has 204 valence electrons. The summed E-state index contributed by atoms with van der Waals surface area (Å²) in [5.41, 5.74) is 7.04. The van der Waals surface area contributed by atoms with E-state index in [1.807, 2.05) is 6.07 Å². The summed E-state index contributed by atoms with van der Waals surface area (Å²) in [7, 11) is 0. The number of aromatic amines is 1. The predicted molar refractivity (Wildman–Crippen MR) is 145 cm³/mol. The average molecular weight is 506 g/mol. The molecule has 1 aromatic heterocycles. The van der Waals surface area contributed by atoms with Gasteiger partial charge in [-0.05, 0) is 103 Å². The molecule has 36 heavy (non-hydrogen) atoms. The zero-order valence-electron chi connectivity index (χ0n) is 21.7. The van der Waals surface area contributed by atoms with E-state index in [1.54, 1.807) is 18.2 Å². The van der Waals surface area contributed by atoms with E-state index < -0.39 is 0 Å². The van der Waals surface area contributed by atoms with Crippen LogP contribution in [-0.2, 0) is 11.2 Å². The van der Waals surface area contributed by atoms with Gasteiger partial charge in [-0.3, -0.25) is 4.79 Å². The summed E-state index contributed by atoms with van der Waals surface area (Å²) >= 11 is 0. The minimum Gasteiger partial charge on any atom is -0.507 e. The number of aromatic nitrogens is 1. The number of aromatic hydroxyl groups is 1. The number of hydrogen-bond acceptors (Lipinski definition) is 8. The summed E-state index contributed by atoms with van der Waals surface area (Å²) in [6.07, 6.45) is 6.30. The molecule has 0 atom stereocenters. The van der Waals surface area contributed by atoms with Gasteiger partial charge in [0.1, 0.15) is 5.75 Å². The molecule has 0 saturated carbocycles. The predicted octanol–water partition coefficient (Wildman–Crippen LogP) is 1.29. The number of H-pyrrole nitrogens is 1. The summed E-state index contributed by atoms with van der Waals surface area (Å²) in [4.78, 5) is 15.3. The van der Waals surface area contributed by atoms with Crippen LogP contribution in [0.25, 0.3) is 10.9 Å². The van der Waals surface area contributed by atoms with Crippen molar-refractivity contribution in [1.82, 2.24) is 31.3 Å². The maximum atomic E-state index is 12.2. The second-order valence-electron chi connectivity index (χ2n) is 9.17. The van der Waals surface area contributed by atoms with Crippen molar-refractivity contribution < 1.29 is 15.1 Å². The number of nitrogens with one attached hydrogen (secondary N) is 5. The Labute approximate surface area is 215 Å². The van der Waals surface area contributed by atoms with Gasteiger partial charge in [0, 0.05) is 36.2 Å². The molecule has 0 aliphatic carbocycles. The van der Waals surface area contributed by atoms with Crippen molar-refractivity contribution >= 4 is 16.8 Å². The third-order valence-electron chi connectivity index (χ3n) is 5.95. The molecule has 10 nitrogen and oxygen atoms in total. The largest absolute Gasteiger partial charge is 0.507 e. The van der Waals surface area contributed by atoms with Gasteiger partial charge in [-0.15, -0.1) is 0 Å². The highest BCUT2D eigenvalue weighted by Gasteiger charge is 2.09. The monoisotopic (exact) mass is 505 g/mol. The SMILES string of the molecule is NCCCNCCCCNCCCNCCCN(O)CCCNC(=O)Cc1cc2c(O)cccc2[nH]1. The van der Waals surface area contributed by atoms with Gasteiger partial charge in [-0.25, -0.2) is 0 Å². The van der Waals surface area contributed by atoms with E-state index in [0.717, 1.165) is 81.7 Å². The van der Waals surface area contributed by atoms with Crippen molar-refractivity contribution in [3.05, 3.63) is 30.0 Å². The lowest BCUT2D eigenvalue weighted by atomic mass is 10.2. The summed E-state index contributed by atoms with van der Waals surface area (Å²) < 4.78 is 0. The Morgan fingerprint density at radius 1 is 0.861 bits per heavy atom. The minimum absolute atomic E-state index is 0.0837. The van der Waals surface area contributed by atoms with Crippen LogP contribution in [0.1, 0.15) is 44.2 Å². The maximum Gasteiger partial charge on any atom is 0.225 e. The van der Waals surface area contributed by atoms with Gasteiger partial charge in [0.2, 0.25) is 5.91 Å². The summed E-state index contributed by atoms with van der Waals surface area (Å²) in [6.45, 7) is 8.41. The number of hydrogen-bond donors (Lipinski definition) is 8. The first-order chi connectivity index (χ1) is 17.6. The zero-order valence-corrected chi connectivity index (χ0v) is 21.7. The molecule has 1 heterocycles. The zero-order chi connectivity index (χ0) is 25.8. The fourth-order valence-electron chi connectivity index (χ4n) is 3.96. The van der Waals surface area contributed by atoms with E-state index in [4.69, 9.17) is 5.73 Å². The van der Waals surface area contributed by atoms with Crippen LogP contribution in [0, 0.1) is 0 Å². The number of hydroxylamine groups is 2. The highest BCUT2D eigenvalue weighted by atomic mass is 16.5. The number of benzene rings is 1. The highest BCUT2D eigenvalue weighted by molar-refractivity contribution is 5.88. The van der Waals surface area contributed by atoms with Crippen LogP contribution in [0.5, 0.6) is 5.75 Å². The second-order valence-corrected chi connectivity index (χ2v) is 9.17. The molecule has 10 heteroatoms. The number of unbranched alkanes of at least 4 members (excludes halogenated alkanes) is 1. The van der Waals surface area contributed by atoms with Crippen molar-refractivity contribution in [2.75, 3.05) is 65.4 Å². The molecule has 0 fully saturated rings. The number of nitrogens with zero attached hydrogens (tertiary/aromatic N) is 1. The molecule has 0 bridgehead atoms. The first kappa shape index (κ1) is 30.0. The Bertz CT molecular complexity index is 846. The Hall–Kier alpha value is -2.21. The quantitative estimate of drug-likeness (QED) is 0.0881. The van der Waals surface area contributed by atoms with Crippen molar-refractivity contribution in [3.63, 3.8) is 0 Å². The summed E-state index contributed by atoms with van der Waals surface area (Å²) in [5, 5.41) is 35.1. The summed E-state index contributed by atoms with van der Waals surface area (Å²) in [5.74, 6) is 0.120. The number of fused-ring (bicyclic) bond motifs is 1. The van der Waals surface area contributed by atoms with Crippen LogP contribution < -0.4 is 27.0 Å². The molecule has 0 spiro atoms. The van der Waals surface area contributed by atoms with Crippen molar-refractivity contribution in [3.8, 4) is 5.75 Å². The van der Waals surface area contributed by atoms with Crippen molar-refractivity contribution in [2.24, 2.45) is 5.73 Å². The Morgan fingerprint density at radius 2 is 1.47 bits per heavy atom. The third-order valence-corrected chi connectivity index (χ3v) is 5.95. The van der Waals surface area contributed by atoms with E-state index in [-0.39, 0.29) is 18.1 Å². The molecular formula is C26H47N7O3. The van der Waals surface area contributed by atoms with Crippen molar-refractivity contribution in [2.45, 2.75) is 44.9 Å².